The molecule has 4 rings (SSSR count). The smallest absolute Gasteiger partial charge is 0.285 e. The van der Waals surface area contributed by atoms with Gasteiger partial charge in [-0.15, -0.1) is 11.3 Å². The summed E-state index contributed by atoms with van der Waals surface area (Å²) >= 11 is 7.35. The summed E-state index contributed by atoms with van der Waals surface area (Å²) in [5.74, 6) is 0.0502. The number of aromatic nitrogens is 2. The average molecular weight is 492 g/mol. The SMILES string of the molecule is COCOc1cc(Cl)ccc1-c1cc(-c2cccc(N)c2)c(C#N)c(NC(=O)c2nccs2)n1. The largest absolute Gasteiger partial charge is 0.467 e. The van der Waals surface area contributed by atoms with Crippen molar-refractivity contribution in [1.82, 2.24) is 9.97 Å². The molecule has 0 spiro atoms. The minimum Gasteiger partial charge on any atom is -0.467 e. The Morgan fingerprint density at radius 3 is 2.79 bits per heavy atom. The van der Waals surface area contributed by atoms with Crippen molar-refractivity contribution >= 4 is 40.4 Å². The first-order chi connectivity index (χ1) is 16.5. The normalized spacial score (nSPS) is 10.5. The number of nitrogens with one attached hydrogen (secondary N) is 1. The molecule has 0 bridgehead atoms. The van der Waals surface area contributed by atoms with Crippen LogP contribution in [-0.4, -0.2) is 29.8 Å². The molecule has 2 heterocycles. The fraction of sp³-hybridized carbons (Fsp3) is 0.0833. The van der Waals surface area contributed by atoms with Crippen molar-refractivity contribution in [2.45, 2.75) is 0 Å². The van der Waals surface area contributed by atoms with Gasteiger partial charge >= 0.3 is 0 Å². The summed E-state index contributed by atoms with van der Waals surface area (Å²) in [6, 6.07) is 16.1. The molecule has 4 aromatic rings. The summed E-state index contributed by atoms with van der Waals surface area (Å²) in [4.78, 5) is 21.4. The monoisotopic (exact) mass is 491 g/mol. The first kappa shape index (κ1) is 23.2. The Bertz CT molecular complexity index is 1390. The van der Waals surface area contributed by atoms with E-state index < -0.39 is 5.91 Å². The lowest BCUT2D eigenvalue weighted by Crippen LogP contribution is -2.14. The molecule has 0 aliphatic carbocycles. The lowest BCUT2D eigenvalue weighted by molar-refractivity contribution is 0.0515. The number of rotatable bonds is 7. The Labute approximate surface area is 204 Å². The van der Waals surface area contributed by atoms with Gasteiger partial charge in [0, 0.05) is 40.5 Å². The van der Waals surface area contributed by atoms with Crippen molar-refractivity contribution in [2.75, 3.05) is 25.0 Å². The number of halogens is 1. The number of carbonyl (C=O) groups excluding carboxylic acids is 1. The number of nitriles is 1. The first-order valence-corrected chi connectivity index (χ1v) is 11.2. The summed E-state index contributed by atoms with van der Waals surface area (Å²) in [6.45, 7) is -0.000657. The van der Waals surface area contributed by atoms with Crippen LogP contribution in [0, 0.1) is 11.3 Å². The van der Waals surface area contributed by atoms with E-state index in [0.29, 0.717) is 38.8 Å². The number of hydrogen-bond acceptors (Lipinski definition) is 8. The Morgan fingerprint density at radius 2 is 2.09 bits per heavy atom. The van der Waals surface area contributed by atoms with Crippen LogP contribution in [0.3, 0.4) is 0 Å². The molecule has 0 unspecified atom stereocenters. The molecule has 0 aliphatic rings. The molecule has 3 N–H and O–H groups in total. The topological polar surface area (TPSA) is 123 Å². The highest BCUT2D eigenvalue weighted by atomic mass is 35.5. The quantitative estimate of drug-likeness (QED) is 0.268. The molecular formula is C24H18ClN5O3S. The Hall–Kier alpha value is -3.97. The van der Waals surface area contributed by atoms with E-state index in [9.17, 15) is 10.1 Å². The van der Waals surface area contributed by atoms with E-state index in [4.69, 9.17) is 26.8 Å². The van der Waals surface area contributed by atoms with E-state index in [1.54, 1.807) is 47.8 Å². The number of anilines is 2. The van der Waals surface area contributed by atoms with Crippen LogP contribution < -0.4 is 15.8 Å². The fourth-order valence-corrected chi connectivity index (χ4v) is 3.96. The summed E-state index contributed by atoms with van der Waals surface area (Å²) in [7, 11) is 1.51. The zero-order chi connectivity index (χ0) is 24.1. The molecule has 10 heteroatoms. The van der Waals surface area contributed by atoms with Gasteiger partial charge in [0.1, 0.15) is 17.4 Å². The molecule has 0 saturated carbocycles. The maximum Gasteiger partial charge on any atom is 0.285 e. The molecule has 0 saturated heterocycles. The molecule has 0 aliphatic heterocycles. The van der Waals surface area contributed by atoms with Crippen molar-refractivity contribution in [2.24, 2.45) is 0 Å². The Morgan fingerprint density at radius 1 is 1.24 bits per heavy atom. The lowest BCUT2D eigenvalue weighted by atomic mass is 9.97. The van der Waals surface area contributed by atoms with Crippen LogP contribution in [0.2, 0.25) is 5.02 Å². The van der Waals surface area contributed by atoms with Gasteiger partial charge in [-0.3, -0.25) is 4.79 Å². The maximum absolute atomic E-state index is 12.8. The predicted molar refractivity (Wildman–Crippen MR) is 132 cm³/mol. The Kier molecular flexibility index (Phi) is 7.04. The summed E-state index contributed by atoms with van der Waals surface area (Å²) in [6.07, 6.45) is 1.53. The predicted octanol–water partition coefficient (Wildman–Crippen LogP) is 5.21. The number of thiazole rings is 1. The molecule has 170 valence electrons. The van der Waals surface area contributed by atoms with Crippen molar-refractivity contribution in [3.05, 3.63) is 75.7 Å². The second-order valence-corrected chi connectivity index (χ2v) is 8.33. The van der Waals surface area contributed by atoms with Gasteiger partial charge in [-0.2, -0.15) is 5.26 Å². The minimum absolute atomic E-state index is 0.000657. The first-order valence-electron chi connectivity index (χ1n) is 9.93. The average Bonchev–Trinajstić information content (AvgIpc) is 3.37. The second kappa shape index (κ2) is 10.3. The number of hydrogen-bond donors (Lipinski definition) is 2. The zero-order valence-electron chi connectivity index (χ0n) is 17.9. The molecule has 2 aromatic carbocycles. The molecule has 0 fully saturated rings. The number of ether oxygens (including phenoxy) is 2. The van der Waals surface area contributed by atoms with E-state index in [-0.39, 0.29) is 23.2 Å². The van der Waals surface area contributed by atoms with Gasteiger partial charge in [0.15, 0.2) is 17.6 Å². The highest BCUT2D eigenvalue weighted by Crippen LogP contribution is 2.37. The van der Waals surface area contributed by atoms with Crippen molar-refractivity contribution < 1.29 is 14.3 Å². The molecular weight excluding hydrogens is 474 g/mol. The summed E-state index contributed by atoms with van der Waals surface area (Å²) in [5.41, 5.74) is 9.00. The van der Waals surface area contributed by atoms with E-state index in [2.05, 4.69) is 21.4 Å². The third-order valence-corrected chi connectivity index (χ3v) is 5.75. The third kappa shape index (κ3) is 5.00. The summed E-state index contributed by atoms with van der Waals surface area (Å²) < 4.78 is 10.7. The molecule has 34 heavy (non-hydrogen) atoms. The lowest BCUT2D eigenvalue weighted by Gasteiger charge is -2.16. The van der Waals surface area contributed by atoms with Gasteiger partial charge < -0.3 is 20.5 Å². The number of nitrogens with two attached hydrogens (primary N) is 1. The maximum atomic E-state index is 12.8. The van der Waals surface area contributed by atoms with E-state index in [1.807, 2.05) is 6.07 Å². The number of nitrogen functional groups attached to an aromatic ring is 1. The van der Waals surface area contributed by atoms with Crippen LogP contribution >= 0.6 is 22.9 Å². The molecule has 0 atom stereocenters. The minimum atomic E-state index is -0.471. The van der Waals surface area contributed by atoms with Gasteiger partial charge in [-0.1, -0.05) is 23.7 Å². The fourth-order valence-electron chi connectivity index (χ4n) is 3.27. The van der Waals surface area contributed by atoms with Gasteiger partial charge in [0.05, 0.1) is 5.69 Å². The number of carbonyl (C=O) groups is 1. The third-order valence-electron chi connectivity index (χ3n) is 4.74. The van der Waals surface area contributed by atoms with Crippen molar-refractivity contribution in [3.8, 4) is 34.2 Å². The van der Waals surface area contributed by atoms with Crippen LogP contribution in [0.25, 0.3) is 22.4 Å². The Balaban J connectivity index is 1.92. The molecule has 8 nitrogen and oxygen atoms in total. The molecule has 0 radical (unpaired) electrons. The van der Waals surface area contributed by atoms with Gasteiger partial charge in [-0.25, -0.2) is 9.97 Å². The van der Waals surface area contributed by atoms with E-state index >= 15 is 0 Å². The molecule has 1 amide bonds. The highest BCUT2D eigenvalue weighted by molar-refractivity contribution is 7.11. The van der Waals surface area contributed by atoms with Crippen LogP contribution in [0.5, 0.6) is 5.75 Å². The number of pyridine rings is 1. The highest BCUT2D eigenvalue weighted by Gasteiger charge is 2.20. The van der Waals surface area contributed by atoms with Crippen molar-refractivity contribution in [3.63, 3.8) is 0 Å². The summed E-state index contributed by atoms with van der Waals surface area (Å²) in [5, 5.41) is 15.1. The van der Waals surface area contributed by atoms with Crippen molar-refractivity contribution in [1.29, 1.82) is 5.26 Å². The van der Waals surface area contributed by atoms with Gasteiger partial charge in [0.25, 0.3) is 5.91 Å². The van der Waals surface area contributed by atoms with Crippen LogP contribution in [-0.2, 0) is 4.74 Å². The van der Waals surface area contributed by atoms with E-state index in [1.165, 1.54) is 24.6 Å². The number of methoxy groups -OCH3 is 1. The number of amides is 1. The van der Waals surface area contributed by atoms with Gasteiger partial charge in [0.2, 0.25) is 0 Å². The second-order valence-electron chi connectivity index (χ2n) is 7.00. The zero-order valence-corrected chi connectivity index (χ0v) is 19.5. The van der Waals surface area contributed by atoms with Crippen LogP contribution in [0.4, 0.5) is 11.5 Å². The van der Waals surface area contributed by atoms with Crippen LogP contribution in [0.1, 0.15) is 15.4 Å². The van der Waals surface area contributed by atoms with Gasteiger partial charge in [-0.05, 0) is 42.0 Å². The molecule has 2 aromatic heterocycles. The number of nitrogens with zero attached hydrogens (tertiary/aromatic N) is 3. The van der Waals surface area contributed by atoms with E-state index in [0.717, 1.165) is 0 Å². The van der Waals surface area contributed by atoms with Crippen LogP contribution in [0.15, 0.2) is 60.1 Å². The standard InChI is InChI=1S/C24H18ClN5O3S/c1-32-13-33-21-10-15(25)5-6-17(21)20-11-18(14-3-2-4-16(27)9-14)19(12-26)22(29-20)30-23(31)24-28-7-8-34-24/h2-11H,13,27H2,1H3,(H,29,30,31). The number of benzene rings is 2.